The summed E-state index contributed by atoms with van der Waals surface area (Å²) in [6, 6.07) is 59.6. The van der Waals surface area contributed by atoms with E-state index in [9.17, 15) is 0 Å². The smallest absolute Gasteiger partial charge is 0.166 e. The third kappa shape index (κ3) is 4.63. The Hall–Kier alpha value is -6.43. The van der Waals surface area contributed by atoms with Crippen LogP contribution < -0.4 is 0 Å². The third-order valence-corrected chi connectivity index (χ3v) is 10.7. The standard InChI is InChI=1S/C45H28N4S/c1-3-14-29(15-4-1)30-16-11-17-31(28-30)43-46-44(48-45(47-43)38-25-13-23-36-34-21-8-10-27-40(34)50-42(36)38)37-24-12-22-35-33-20-7-9-26-39(33)49(41(35)37)32-18-5-2-6-19-32/h1-28H. The second kappa shape index (κ2) is 11.6. The Morgan fingerprint density at radius 3 is 1.82 bits per heavy atom. The zero-order valence-electron chi connectivity index (χ0n) is 26.9. The first kappa shape index (κ1) is 28.6. The Kier molecular flexibility index (Phi) is 6.64. The van der Waals surface area contributed by atoms with E-state index >= 15 is 0 Å². The largest absolute Gasteiger partial charge is 0.309 e. The maximum atomic E-state index is 5.33. The average molecular weight is 657 g/mol. The van der Waals surface area contributed by atoms with Crippen LogP contribution in [-0.4, -0.2) is 19.5 Å². The van der Waals surface area contributed by atoms with Gasteiger partial charge in [0.15, 0.2) is 17.5 Å². The number of hydrogen-bond acceptors (Lipinski definition) is 4. The van der Waals surface area contributed by atoms with E-state index in [1.165, 1.54) is 25.6 Å². The first-order valence-electron chi connectivity index (χ1n) is 16.7. The lowest BCUT2D eigenvalue weighted by Gasteiger charge is -2.13. The first-order chi connectivity index (χ1) is 24.8. The molecule has 0 bridgehead atoms. The second-order valence-electron chi connectivity index (χ2n) is 12.4. The SMILES string of the molecule is c1ccc(-c2cccc(-c3nc(-c4cccc5c4sc4ccccc45)nc(-c4cccc5c6ccccc6n(-c6ccccc6)c45)n3)c2)cc1. The van der Waals surface area contributed by atoms with E-state index in [1.807, 2.05) is 6.07 Å². The highest BCUT2D eigenvalue weighted by Gasteiger charge is 2.21. The highest BCUT2D eigenvalue weighted by Crippen LogP contribution is 2.41. The molecule has 10 rings (SSSR count). The molecule has 0 radical (unpaired) electrons. The van der Waals surface area contributed by atoms with Gasteiger partial charge in [-0.05, 0) is 53.6 Å². The van der Waals surface area contributed by atoms with Gasteiger partial charge in [0.25, 0.3) is 0 Å². The number of benzene rings is 7. The van der Waals surface area contributed by atoms with E-state index in [0.717, 1.165) is 49.9 Å². The van der Waals surface area contributed by atoms with Crippen molar-refractivity contribution in [3.8, 4) is 51.0 Å². The van der Waals surface area contributed by atoms with Crippen molar-refractivity contribution in [2.75, 3.05) is 0 Å². The number of nitrogens with zero attached hydrogens (tertiary/aromatic N) is 4. The highest BCUT2D eigenvalue weighted by molar-refractivity contribution is 7.26. The zero-order valence-corrected chi connectivity index (χ0v) is 27.7. The quantitative estimate of drug-likeness (QED) is 0.185. The van der Waals surface area contributed by atoms with Gasteiger partial charge in [-0.2, -0.15) is 0 Å². The van der Waals surface area contributed by atoms with Gasteiger partial charge < -0.3 is 4.57 Å². The summed E-state index contributed by atoms with van der Waals surface area (Å²) >= 11 is 1.79. The monoisotopic (exact) mass is 656 g/mol. The van der Waals surface area contributed by atoms with E-state index in [2.05, 4.69) is 168 Å². The molecule has 0 aliphatic heterocycles. The van der Waals surface area contributed by atoms with Crippen LogP contribution in [0, 0.1) is 0 Å². The molecule has 7 aromatic carbocycles. The third-order valence-electron chi connectivity index (χ3n) is 9.46. The summed E-state index contributed by atoms with van der Waals surface area (Å²) < 4.78 is 4.76. The van der Waals surface area contributed by atoms with Crippen molar-refractivity contribution in [2.45, 2.75) is 0 Å². The topological polar surface area (TPSA) is 43.6 Å². The number of thiophene rings is 1. The normalized spacial score (nSPS) is 11.6. The predicted octanol–water partition coefficient (Wildman–Crippen LogP) is 12.0. The lowest BCUT2D eigenvalue weighted by molar-refractivity contribution is 1.07. The van der Waals surface area contributed by atoms with Crippen LogP contribution in [0.5, 0.6) is 0 Å². The summed E-state index contributed by atoms with van der Waals surface area (Å²) in [4.78, 5) is 15.8. The maximum Gasteiger partial charge on any atom is 0.166 e. The molecular weight excluding hydrogens is 629 g/mol. The average Bonchev–Trinajstić information content (AvgIpc) is 3.75. The molecule has 0 atom stereocenters. The van der Waals surface area contributed by atoms with Gasteiger partial charge >= 0.3 is 0 Å². The lowest BCUT2D eigenvalue weighted by Crippen LogP contribution is -2.02. The summed E-state index contributed by atoms with van der Waals surface area (Å²) in [5.41, 5.74) is 8.46. The Labute approximate surface area is 292 Å². The van der Waals surface area contributed by atoms with Gasteiger partial charge in [0.05, 0.1) is 11.0 Å². The van der Waals surface area contributed by atoms with Crippen molar-refractivity contribution >= 4 is 53.3 Å². The van der Waals surface area contributed by atoms with E-state index in [0.29, 0.717) is 17.5 Å². The van der Waals surface area contributed by atoms with Gasteiger partial charge in [-0.25, -0.2) is 15.0 Å². The molecule has 0 fully saturated rings. The Balaban J connectivity index is 1.27. The molecule has 5 heteroatoms. The minimum atomic E-state index is 0.638. The van der Waals surface area contributed by atoms with Crippen molar-refractivity contribution in [3.63, 3.8) is 0 Å². The van der Waals surface area contributed by atoms with Crippen LogP contribution in [0.2, 0.25) is 0 Å². The Morgan fingerprint density at radius 1 is 0.400 bits per heavy atom. The minimum absolute atomic E-state index is 0.638. The summed E-state index contributed by atoms with van der Waals surface area (Å²) in [5, 5.41) is 4.80. The van der Waals surface area contributed by atoms with Gasteiger partial charge in [0.1, 0.15) is 0 Å². The van der Waals surface area contributed by atoms with Crippen LogP contribution in [0.3, 0.4) is 0 Å². The zero-order chi connectivity index (χ0) is 33.0. The van der Waals surface area contributed by atoms with Crippen LogP contribution in [-0.2, 0) is 0 Å². The molecule has 3 aromatic heterocycles. The minimum Gasteiger partial charge on any atom is -0.309 e. The molecule has 0 saturated heterocycles. The molecule has 0 spiro atoms. The summed E-state index contributed by atoms with van der Waals surface area (Å²) in [6.45, 7) is 0. The molecule has 0 saturated carbocycles. The van der Waals surface area contributed by atoms with E-state index in [4.69, 9.17) is 15.0 Å². The lowest BCUT2D eigenvalue weighted by atomic mass is 10.0. The van der Waals surface area contributed by atoms with Crippen LogP contribution in [0.15, 0.2) is 170 Å². The maximum absolute atomic E-state index is 5.33. The van der Waals surface area contributed by atoms with Crippen LogP contribution in [0.25, 0.3) is 93.0 Å². The fourth-order valence-corrected chi connectivity index (χ4v) is 8.39. The van der Waals surface area contributed by atoms with Crippen LogP contribution in [0.4, 0.5) is 0 Å². The summed E-state index contributed by atoms with van der Waals surface area (Å²) in [6.07, 6.45) is 0. The fourth-order valence-electron chi connectivity index (χ4n) is 7.18. The van der Waals surface area contributed by atoms with Gasteiger partial charge in [-0.1, -0.05) is 127 Å². The number of aromatic nitrogens is 4. The van der Waals surface area contributed by atoms with Gasteiger partial charge in [0.2, 0.25) is 0 Å². The number of rotatable bonds is 5. The molecule has 234 valence electrons. The van der Waals surface area contributed by atoms with Crippen molar-refractivity contribution in [3.05, 3.63) is 170 Å². The molecular formula is C45H28N4S. The van der Waals surface area contributed by atoms with E-state index in [-0.39, 0.29) is 0 Å². The Bertz CT molecular complexity index is 2870. The molecule has 0 aliphatic rings. The number of hydrogen-bond donors (Lipinski definition) is 0. The molecule has 3 heterocycles. The fraction of sp³-hybridized carbons (Fsp3) is 0. The molecule has 0 N–H and O–H groups in total. The Morgan fingerprint density at radius 2 is 0.980 bits per heavy atom. The van der Waals surface area contributed by atoms with E-state index < -0.39 is 0 Å². The molecule has 0 amide bonds. The van der Waals surface area contributed by atoms with Crippen LogP contribution >= 0.6 is 11.3 Å². The molecule has 10 aromatic rings. The van der Waals surface area contributed by atoms with Crippen LogP contribution in [0.1, 0.15) is 0 Å². The number of para-hydroxylation sites is 3. The van der Waals surface area contributed by atoms with Gasteiger partial charge in [-0.3, -0.25) is 0 Å². The molecule has 0 aliphatic carbocycles. The van der Waals surface area contributed by atoms with Gasteiger partial charge in [-0.15, -0.1) is 11.3 Å². The second-order valence-corrected chi connectivity index (χ2v) is 13.5. The molecule has 50 heavy (non-hydrogen) atoms. The van der Waals surface area contributed by atoms with Crippen molar-refractivity contribution in [1.29, 1.82) is 0 Å². The highest BCUT2D eigenvalue weighted by atomic mass is 32.1. The number of fused-ring (bicyclic) bond motifs is 6. The van der Waals surface area contributed by atoms with E-state index in [1.54, 1.807) is 11.3 Å². The summed E-state index contributed by atoms with van der Waals surface area (Å²) in [5.74, 6) is 1.94. The predicted molar refractivity (Wildman–Crippen MR) is 209 cm³/mol. The molecule has 4 nitrogen and oxygen atoms in total. The van der Waals surface area contributed by atoms with Crippen molar-refractivity contribution in [1.82, 2.24) is 19.5 Å². The van der Waals surface area contributed by atoms with Crippen molar-refractivity contribution in [2.24, 2.45) is 0 Å². The first-order valence-corrected chi connectivity index (χ1v) is 17.5. The summed E-state index contributed by atoms with van der Waals surface area (Å²) in [7, 11) is 0. The van der Waals surface area contributed by atoms with Gasteiger partial charge in [0, 0.05) is 53.3 Å². The van der Waals surface area contributed by atoms with Crippen molar-refractivity contribution < 1.29 is 0 Å². The molecule has 0 unspecified atom stereocenters.